The number of benzene rings is 1. The van der Waals surface area contributed by atoms with E-state index in [0.717, 1.165) is 5.39 Å². The van der Waals surface area contributed by atoms with Gasteiger partial charge in [-0.05, 0) is 44.7 Å². The Hall–Kier alpha value is -1.23. The van der Waals surface area contributed by atoms with Crippen LogP contribution >= 0.6 is 23.4 Å². The third kappa shape index (κ3) is 3.08. The van der Waals surface area contributed by atoms with Crippen LogP contribution in [0.3, 0.4) is 0 Å². The molecule has 1 heterocycles. The second-order valence-electron chi connectivity index (χ2n) is 4.92. The van der Waals surface area contributed by atoms with E-state index in [2.05, 4.69) is 9.82 Å². The molecule has 1 atom stereocenters. The van der Waals surface area contributed by atoms with Gasteiger partial charge in [0.2, 0.25) is 0 Å². The molecule has 0 spiro atoms. The average molecular weight is 315 g/mol. The van der Waals surface area contributed by atoms with Gasteiger partial charge in [-0.15, -0.1) is 0 Å². The Morgan fingerprint density at radius 2 is 1.95 bits per heavy atom. The van der Waals surface area contributed by atoms with Crippen LogP contribution in [0.15, 0.2) is 23.0 Å². The summed E-state index contributed by atoms with van der Waals surface area (Å²) in [5.41, 5.74) is 1.05. The van der Waals surface area contributed by atoms with Crippen molar-refractivity contribution in [2.75, 3.05) is 0 Å². The van der Waals surface area contributed by atoms with Crippen LogP contribution in [0.25, 0.3) is 10.9 Å². The summed E-state index contributed by atoms with van der Waals surface area (Å²) >= 11 is 11.8. The molecule has 1 aromatic carbocycles. The highest BCUT2D eigenvalue weighted by atomic mass is 35.5. The first-order valence-electron chi connectivity index (χ1n) is 6.31. The van der Waals surface area contributed by atoms with Gasteiger partial charge in [-0.2, -0.15) is 0 Å². The predicted molar refractivity (Wildman–Crippen MR) is 82.7 cm³/mol. The molecule has 2 rings (SSSR count). The van der Waals surface area contributed by atoms with Crippen molar-refractivity contribution >= 4 is 34.3 Å². The summed E-state index contributed by atoms with van der Waals surface area (Å²) in [4.78, 5) is 17.4. The predicted octanol–water partition coefficient (Wildman–Crippen LogP) is 3.77. The molecule has 0 radical (unpaired) electrons. The van der Waals surface area contributed by atoms with E-state index >= 15 is 0 Å². The van der Waals surface area contributed by atoms with Crippen molar-refractivity contribution in [2.24, 2.45) is 0 Å². The molecule has 0 unspecified atom stereocenters. The number of H-pyrrole nitrogens is 1. The second-order valence-corrected chi connectivity index (χ2v) is 5.55. The zero-order chi connectivity index (χ0) is 14.9. The van der Waals surface area contributed by atoms with Gasteiger partial charge in [0.25, 0.3) is 5.56 Å². The molecular weight excluding hydrogens is 299 g/mol. The molecule has 0 fully saturated rings. The fourth-order valence-corrected chi connectivity index (χ4v) is 2.28. The number of aromatic nitrogens is 1. The number of nitrogens with one attached hydrogen (secondary N) is 2. The molecule has 0 saturated carbocycles. The van der Waals surface area contributed by atoms with Crippen molar-refractivity contribution in [1.29, 1.82) is 0 Å². The van der Waals surface area contributed by atoms with E-state index in [4.69, 9.17) is 28.1 Å². The van der Waals surface area contributed by atoms with Gasteiger partial charge in [0.05, 0.1) is 16.6 Å². The molecule has 0 aliphatic rings. The van der Waals surface area contributed by atoms with Gasteiger partial charge in [0.1, 0.15) is 5.75 Å². The van der Waals surface area contributed by atoms with Gasteiger partial charge in [0, 0.05) is 23.1 Å². The Kier molecular flexibility index (Phi) is 4.58. The minimum atomic E-state index is -0.254. The molecule has 1 aromatic heterocycles. The Balaban J connectivity index is 2.58. The van der Waals surface area contributed by atoms with E-state index in [1.165, 1.54) is 0 Å². The van der Waals surface area contributed by atoms with Crippen LogP contribution in [0.2, 0.25) is 5.02 Å². The molecule has 0 amide bonds. The van der Waals surface area contributed by atoms with E-state index in [9.17, 15) is 4.79 Å². The normalized spacial score (nSPS) is 12.9. The highest BCUT2D eigenvalue weighted by molar-refractivity contribution is 6.32. The lowest BCUT2D eigenvalue weighted by Crippen LogP contribution is -2.19. The van der Waals surface area contributed by atoms with Gasteiger partial charge in [-0.3, -0.25) is 4.79 Å². The number of hydrogen-bond donors (Lipinski definition) is 2. The van der Waals surface area contributed by atoms with Gasteiger partial charge in [0.15, 0.2) is 0 Å². The zero-order valence-electron chi connectivity index (χ0n) is 11.5. The number of fused-ring (bicyclic) bond motifs is 1. The Labute approximate surface area is 127 Å². The molecule has 0 bridgehead atoms. The van der Waals surface area contributed by atoms with Crippen molar-refractivity contribution < 1.29 is 4.74 Å². The molecule has 2 N–H and O–H groups in total. The summed E-state index contributed by atoms with van der Waals surface area (Å²) in [6.45, 7) is 5.64. The van der Waals surface area contributed by atoms with Gasteiger partial charge >= 0.3 is 0 Å². The lowest BCUT2D eigenvalue weighted by molar-refractivity contribution is 0.243. The maximum absolute atomic E-state index is 12.0. The van der Waals surface area contributed by atoms with E-state index in [1.54, 1.807) is 25.1 Å². The van der Waals surface area contributed by atoms with Crippen molar-refractivity contribution in [3.8, 4) is 5.75 Å². The highest BCUT2D eigenvalue weighted by Gasteiger charge is 2.12. The summed E-state index contributed by atoms with van der Waals surface area (Å²) in [7, 11) is 0. The maximum atomic E-state index is 12.0. The lowest BCUT2D eigenvalue weighted by atomic mass is 10.1. The Morgan fingerprint density at radius 1 is 1.25 bits per heavy atom. The number of pyridine rings is 1. The van der Waals surface area contributed by atoms with Crippen LogP contribution in [-0.2, 0) is 0 Å². The van der Waals surface area contributed by atoms with Gasteiger partial charge in [-0.25, -0.2) is 4.84 Å². The fourth-order valence-electron chi connectivity index (χ4n) is 1.95. The number of hydrogen-bond acceptors (Lipinski definition) is 3. The molecule has 2 aromatic rings. The SMILES string of the molecule is CC(C)Oc1cc2[nH]c(=O)c([C@H](C)NCl)cc2cc1Cl. The summed E-state index contributed by atoms with van der Waals surface area (Å²) in [6, 6.07) is 5.03. The van der Waals surface area contributed by atoms with Crippen LogP contribution in [0.4, 0.5) is 0 Å². The van der Waals surface area contributed by atoms with Gasteiger partial charge in [-0.1, -0.05) is 11.6 Å². The highest BCUT2D eigenvalue weighted by Crippen LogP contribution is 2.30. The number of aromatic amines is 1. The third-order valence-electron chi connectivity index (χ3n) is 2.92. The third-order valence-corrected chi connectivity index (χ3v) is 3.54. The minimum Gasteiger partial charge on any atom is -0.489 e. The van der Waals surface area contributed by atoms with E-state index in [1.807, 2.05) is 13.8 Å². The minimum absolute atomic E-state index is 0.0106. The van der Waals surface area contributed by atoms with E-state index < -0.39 is 0 Å². The monoisotopic (exact) mass is 314 g/mol. The molecule has 0 aliphatic carbocycles. The van der Waals surface area contributed by atoms with Crippen LogP contribution in [0, 0.1) is 0 Å². The molecule has 6 heteroatoms. The summed E-state index contributed by atoms with van der Waals surface area (Å²) in [5.74, 6) is 0.557. The van der Waals surface area contributed by atoms with E-state index in [0.29, 0.717) is 21.9 Å². The van der Waals surface area contributed by atoms with E-state index in [-0.39, 0.29) is 17.7 Å². The first kappa shape index (κ1) is 15.2. The topological polar surface area (TPSA) is 54.1 Å². The first-order chi connectivity index (χ1) is 9.42. The summed E-state index contributed by atoms with van der Waals surface area (Å²) in [5, 5.41) is 1.34. The molecule has 0 saturated heterocycles. The molecule has 4 nitrogen and oxygen atoms in total. The Bertz CT molecular complexity index is 683. The number of halogens is 2. The van der Waals surface area contributed by atoms with Crippen molar-refractivity contribution in [3.05, 3.63) is 39.1 Å². The largest absolute Gasteiger partial charge is 0.489 e. The lowest BCUT2D eigenvalue weighted by Gasteiger charge is -2.13. The van der Waals surface area contributed by atoms with Crippen LogP contribution in [0.5, 0.6) is 5.75 Å². The quantitative estimate of drug-likeness (QED) is 0.844. The smallest absolute Gasteiger partial charge is 0.253 e. The standard InChI is InChI=1S/C14H16Cl2N2O2/c1-7(2)20-13-6-12-9(5-11(13)15)4-10(8(3)18-16)14(19)17-12/h4-8,18H,1-3H3,(H,17,19)/t8-/m0/s1. The van der Waals surface area contributed by atoms with Crippen LogP contribution in [0.1, 0.15) is 32.4 Å². The number of rotatable bonds is 4. The fraction of sp³-hybridized carbons (Fsp3) is 0.357. The van der Waals surface area contributed by atoms with Crippen molar-refractivity contribution in [1.82, 2.24) is 9.82 Å². The first-order valence-corrected chi connectivity index (χ1v) is 7.07. The number of ether oxygens (including phenoxy) is 1. The molecule has 108 valence electrons. The van der Waals surface area contributed by atoms with Crippen LogP contribution in [-0.4, -0.2) is 11.1 Å². The average Bonchev–Trinajstić information content (AvgIpc) is 2.38. The van der Waals surface area contributed by atoms with Crippen LogP contribution < -0.4 is 15.1 Å². The van der Waals surface area contributed by atoms with Crippen molar-refractivity contribution in [3.63, 3.8) is 0 Å². The van der Waals surface area contributed by atoms with Crippen molar-refractivity contribution in [2.45, 2.75) is 32.9 Å². The summed E-state index contributed by atoms with van der Waals surface area (Å²) in [6.07, 6.45) is 0.0106. The molecule has 20 heavy (non-hydrogen) atoms. The summed E-state index contributed by atoms with van der Waals surface area (Å²) < 4.78 is 5.60. The zero-order valence-corrected chi connectivity index (χ0v) is 13.0. The molecular formula is C14H16Cl2N2O2. The Morgan fingerprint density at radius 3 is 2.55 bits per heavy atom. The van der Waals surface area contributed by atoms with Gasteiger partial charge < -0.3 is 9.72 Å². The second kappa shape index (κ2) is 6.04. The maximum Gasteiger partial charge on any atom is 0.253 e. The molecule has 0 aliphatic heterocycles.